The molecule has 1 heterocycles. The van der Waals surface area contributed by atoms with Crippen LogP contribution in [0.3, 0.4) is 0 Å². The Morgan fingerprint density at radius 1 is 1.05 bits per heavy atom. The van der Waals surface area contributed by atoms with Crippen molar-refractivity contribution in [1.82, 2.24) is 5.32 Å². The lowest BCUT2D eigenvalue weighted by atomic mass is 10.0. The number of hydrogen-bond acceptors (Lipinski definition) is 2. The van der Waals surface area contributed by atoms with Gasteiger partial charge in [0, 0.05) is 10.4 Å². The van der Waals surface area contributed by atoms with Gasteiger partial charge in [0.1, 0.15) is 11.3 Å². The smallest absolute Gasteiger partial charge is 0.134 e. The zero-order valence-electron chi connectivity index (χ0n) is 10.6. The number of halogens is 1. The van der Waals surface area contributed by atoms with Gasteiger partial charge in [-0.3, -0.25) is 0 Å². The summed E-state index contributed by atoms with van der Waals surface area (Å²) < 4.78 is 5.91. The van der Waals surface area contributed by atoms with Crippen molar-refractivity contribution in [3.8, 4) is 0 Å². The van der Waals surface area contributed by atoms with Crippen LogP contribution in [-0.4, -0.2) is 7.05 Å². The summed E-state index contributed by atoms with van der Waals surface area (Å²) in [4.78, 5) is 0. The summed E-state index contributed by atoms with van der Waals surface area (Å²) in [7, 11) is 1.92. The molecule has 0 aliphatic carbocycles. The molecule has 0 aliphatic heterocycles. The van der Waals surface area contributed by atoms with E-state index in [4.69, 9.17) is 16.0 Å². The molecular weight excluding hydrogens is 258 g/mol. The highest BCUT2D eigenvalue weighted by atomic mass is 35.5. The summed E-state index contributed by atoms with van der Waals surface area (Å²) in [5.41, 5.74) is 1.99. The summed E-state index contributed by atoms with van der Waals surface area (Å²) in [5.74, 6) is 0.894. The Kier molecular flexibility index (Phi) is 3.28. The van der Waals surface area contributed by atoms with Gasteiger partial charge in [0.25, 0.3) is 0 Å². The number of furan rings is 1. The van der Waals surface area contributed by atoms with Gasteiger partial charge in [-0.2, -0.15) is 0 Å². The molecule has 1 N–H and O–H groups in total. The lowest BCUT2D eigenvalue weighted by Crippen LogP contribution is -2.16. The maximum atomic E-state index is 6.05. The monoisotopic (exact) mass is 271 g/mol. The third kappa shape index (κ3) is 2.37. The first-order valence-electron chi connectivity index (χ1n) is 6.19. The molecule has 0 fully saturated rings. The highest BCUT2D eigenvalue weighted by Crippen LogP contribution is 2.29. The van der Waals surface area contributed by atoms with Crippen molar-refractivity contribution in [3.63, 3.8) is 0 Å². The molecule has 2 aromatic carbocycles. The molecule has 0 aliphatic rings. The molecule has 96 valence electrons. The second kappa shape index (κ2) is 5.08. The van der Waals surface area contributed by atoms with E-state index in [2.05, 4.69) is 11.4 Å². The topological polar surface area (TPSA) is 25.2 Å². The number of rotatable bonds is 3. The second-order valence-electron chi connectivity index (χ2n) is 4.46. The van der Waals surface area contributed by atoms with Gasteiger partial charge >= 0.3 is 0 Å². The Hall–Kier alpha value is -1.77. The van der Waals surface area contributed by atoms with Gasteiger partial charge in [-0.05, 0) is 36.9 Å². The summed E-state index contributed by atoms with van der Waals surface area (Å²) in [5, 5.41) is 5.11. The highest BCUT2D eigenvalue weighted by Gasteiger charge is 2.16. The van der Waals surface area contributed by atoms with Crippen LogP contribution in [-0.2, 0) is 0 Å². The van der Waals surface area contributed by atoms with Gasteiger partial charge in [-0.25, -0.2) is 0 Å². The minimum atomic E-state index is 0.00565. The van der Waals surface area contributed by atoms with Crippen LogP contribution in [0.25, 0.3) is 11.0 Å². The van der Waals surface area contributed by atoms with Crippen LogP contribution in [0.15, 0.2) is 59.0 Å². The molecule has 3 rings (SSSR count). The normalized spacial score (nSPS) is 12.7. The molecule has 0 saturated heterocycles. The number of hydrogen-bond donors (Lipinski definition) is 1. The van der Waals surface area contributed by atoms with Crippen molar-refractivity contribution >= 4 is 22.6 Å². The van der Waals surface area contributed by atoms with Crippen molar-refractivity contribution in [2.45, 2.75) is 6.04 Å². The lowest BCUT2D eigenvalue weighted by molar-refractivity contribution is 0.491. The van der Waals surface area contributed by atoms with E-state index in [1.165, 1.54) is 0 Å². The van der Waals surface area contributed by atoms with E-state index in [1.54, 1.807) is 0 Å². The molecule has 0 radical (unpaired) electrons. The Balaban J connectivity index is 2.06. The molecule has 1 atom stereocenters. The van der Waals surface area contributed by atoms with Gasteiger partial charge in [-0.15, -0.1) is 0 Å². The molecule has 1 aromatic heterocycles. The zero-order valence-corrected chi connectivity index (χ0v) is 11.3. The largest absolute Gasteiger partial charge is 0.459 e. The Labute approximate surface area is 117 Å². The zero-order chi connectivity index (χ0) is 13.2. The predicted molar refractivity (Wildman–Crippen MR) is 78.6 cm³/mol. The van der Waals surface area contributed by atoms with Crippen LogP contribution in [0.2, 0.25) is 5.02 Å². The Morgan fingerprint density at radius 3 is 2.63 bits per heavy atom. The van der Waals surface area contributed by atoms with Crippen LogP contribution in [0, 0.1) is 0 Å². The SMILES string of the molecule is CNC(c1cccc(Cl)c1)c1cc2ccccc2o1. The van der Waals surface area contributed by atoms with Crippen LogP contribution in [0.1, 0.15) is 17.4 Å². The quantitative estimate of drug-likeness (QED) is 0.764. The van der Waals surface area contributed by atoms with Crippen molar-refractivity contribution in [1.29, 1.82) is 0 Å². The maximum absolute atomic E-state index is 6.05. The maximum Gasteiger partial charge on any atom is 0.134 e. The summed E-state index contributed by atoms with van der Waals surface area (Å²) in [6.45, 7) is 0. The van der Waals surface area contributed by atoms with Gasteiger partial charge in [0.05, 0.1) is 6.04 Å². The third-order valence-corrected chi connectivity index (χ3v) is 3.43. The summed E-state index contributed by atoms with van der Waals surface area (Å²) in [6.07, 6.45) is 0. The van der Waals surface area contributed by atoms with Gasteiger partial charge in [-0.1, -0.05) is 41.9 Å². The molecule has 0 saturated carbocycles. The average Bonchev–Trinajstić information content (AvgIpc) is 2.83. The van der Waals surface area contributed by atoms with E-state index in [-0.39, 0.29) is 6.04 Å². The Bertz CT molecular complexity index is 672. The van der Waals surface area contributed by atoms with E-state index in [0.717, 1.165) is 27.3 Å². The summed E-state index contributed by atoms with van der Waals surface area (Å²) >= 11 is 6.05. The number of para-hydroxylation sites is 1. The molecule has 0 spiro atoms. The molecule has 3 aromatic rings. The van der Waals surface area contributed by atoms with Gasteiger partial charge < -0.3 is 9.73 Å². The number of nitrogens with one attached hydrogen (secondary N) is 1. The molecule has 1 unspecified atom stereocenters. The van der Waals surface area contributed by atoms with Crippen molar-refractivity contribution < 1.29 is 4.42 Å². The van der Waals surface area contributed by atoms with Crippen LogP contribution < -0.4 is 5.32 Å². The van der Waals surface area contributed by atoms with E-state index in [1.807, 2.05) is 55.6 Å². The van der Waals surface area contributed by atoms with Gasteiger partial charge in [0.15, 0.2) is 0 Å². The van der Waals surface area contributed by atoms with Crippen molar-refractivity contribution in [2.75, 3.05) is 7.05 Å². The van der Waals surface area contributed by atoms with E-state index in [9.17, 15) is 0 Å². The number of fused-ring (bicyclic) bond motifs is 1. The fourth-order valence-corrected chi connectivity index (χ4v) is 2.50. The summed E-state index contributed by atoms with van der Waals surface area (Å²) in [6, 6.07) is 17.9. The second-order valence-corrected chi connectivity index (χ2v) is 4.90. The van der Waals surface area contributed by atoms with Crippen LogP contribution in [0.4, 0.5) is 0 Å². The van der Waals surface area contributed by atoms with Crippen LogP contribution >= 0.6 is 11.6 Å². The van der Waals surface area contributed by atoms with E-state index >= 15 is 0 Å². The highest BCUT2D eigenvalue weighted by molar-refractivity contribution is 6.30. The van der Waals surface area contributed by atoms with E-state index < -0.39 is 0 Å². The van der Waals surface area contributed by atoms with Crippen molar-refractivity contribution in [3.05, 3.63) is 70.9 Å². The van der Waals surface area contributed by atoms with Crippen molar-refractivity contribution in [2.24, 2.45) is 0 Å². The number of benzene rings is 2. The van der Waals surface area contributed by atoms with Crippen LogP contribution in [0.5, 0.6) is 0 Å². The average molecular weight is 272 g/mol. The first-order chi connectivity index (χ1) is 9.28. The lowest BCUT2D eigenvalue weighted by Gasteiger charge is -2.14. The molecular formula is C16H14ClNO. The third-order valence-electron chi connectivity index (χ3n) is 3.20. The first-order valence-corrected chi connectivity index (χ1v) is 6.57. The van der Waals surface area contributed by atoms with Gasteiger partial charge in [0.2, 0.25) is 0 Å². The predicted octanol–water partition coefficient (Wildman–Crippen LogP) is 4.40. The fraction of sp³-hybridized carbons (Fsp3) is 0.125. The first kappa shape index (κ1) is 12.3. The molecule has 2 nitrogen and oxygen atoms in total. The minimum Gasteiger partial charge on any atom is -0.459 e. The Morgan fingerprint density at radius 2 is 1.89 bits per heavy atom. The molecule has 3 heteroatoms. The van der Waals surface area contributed by atoms with E-state index in [0.29, 0.717) is 0 Å². The molecule has 0 amide bonds. The minimum absolute atomic E-state index is 0.00565. The molecule has 0 bridgehead atoms. The fourth-order valence-electron chi connectivity index (χ4n) is 2.30. The molecule has 19 heavy (non-hydrogen) atoms. The standard InChI is InChI=1S/C16H14ClNO/c1-18-16(12-6-4-7-13(17)9-12)15-10-11-5-2-3-8-14(11)19-15/h2-10,16,18H,1H3.